The zero-order chi connectivity index (χ0) is 19.9. The highest BCUT2D eigenvalue weighted by atomic mass is 35.5. The van der Waals surface area contributed by atoms with Crippen molar-refractivity contribution in [3.05, 3.63) is 82.0 Å². The molecule has 0 aliphatic carbocycles. The second kappa shape index (κ2) is 12.9. The second-order valence-electron chi connectivity index (χ2n) is 7.12. The Hall–Kier alpha value is -1.76. The molecule has 3 aromatic rings. The van der Waals surface area contributed by atoms with Gasteiger partial charge in [0.25, 0.3) is 0 Å². The molecule has 0 spiro atoms. The number of benzene rings is 2. The molecule has 7 heteroatoms. The number of nitrogens with zero attached hydrogens (tertiary/aromatic N) is 1. The first-order valence-corrected chi connectivity index (χ1v) is 11.1. The summed E-state index contributed by atoms with van der Waals surface area (Å²) in [7, 11) is 0. The molecule has 1 atom stereocenters. The normalized spacial score (nSPS) is 14.7. The molecule has 4 nitrogen and oxygen atoms in total. The van der Waals surface area contributed by atoms with Crippen molar-refractivity contribution in [2.75, 3.05) is 32.8 Å². The molecule has 31 heavy (non-hydrogen) atoms. The standard InChI is InChI=1S/C24H28N2O2S.2ClH/c1-2-27-22-17-20(10-11-21(22)28-18-19-7-4-3-5-8-19)24(23-9-6-16-29-23)26-14-12-25-13-15-26;;/h3-11,16-17,24-25H,2,12-15,18H2,1H3;2*1H/t24-;;/m0../s1. The van der Waals surface area contributed by atoms with Crippen LogP contribution in [0.5, 0.6) is 11.5 Å². The van der Waals surface area contributed by atoms with Gasteiger partial charge in [0.15, 0.2) is 11.5 Å². The maximum atomic E-state index is 6.10. The Morgan fingerprint density at radius 2 is 1.71 bits per heavy atom. The third-order valence-corrected chi connectivity index (χ3v) is 6.07. The van der Waals surface area contributed by atoms with Crippen LogP contribution in [-0.2, 0) is 6.61 Å². The summed E-state index contributed by atoms with van der Waals surface area (Å²) in [6.07, 6.45) is 0. The van der Waals surface area contributed by atoms with Gasteiger partial charge in [-0.2, -0.15) is 0 Å². The fourth-order valence-electron chi connectivity index (χ4n) is 3.76. The Kier molecular flexibility index (Phi) is 10.6. The number of hydrogen-bond donors (Lipinski definition) is 1. The van der Waals surface area contributed by atoms with Gasteiger partial charge in [-0.1, -0.05) is 42.5 Å². The molecule has 1 fully saturated rings. The van der Waals surface area contributed by atoms with Gasteiger partial charge in [-0.3, -0.25) is 4.90 Å². The fraction of sp³-hybridized carbons (Fsp3) is 0.333. The third-order valence-electron chi connectivity index (χ3n) is 5.15. The SMILES string of the molecule is CCOc1cc([C@@H](c2cccs2)N2CCNCC2)ccc1OCc1ccccc1.Cl.Cl. The highest BCUT2D eigenvalue weighted by Gasteiger charge is 2.25. The molecule has 168 valence electrons. The van der Waals surface area contributed by atoms with E-state index >= 15 is 0 Å². The predicted molar refractivity (Wildman–Crippen MR) is 133 cm³/mol. The lowest BCUT2D eigenvalue weighted by Crippen LogP contribution is -2.45. The summed E-state index contributed by atoms with van der Waals surface area (Å²) < 4.78 is 12.1. The average molecular weight is 481 g/mol. The van der Waals surface area contributed by atoms with Crippen molar-refractivity contribution < 1.29 is 9.47 Å². The van der Waals surface area contributed by atoms with Crippen molar-refractivity contribution >= 4 is 36.2 Å². The molecular formula is C24H30Cl2N2O2S. The van der Waals surface area contributed by atoms with Crippen LogP contribution in [0.15, 0.2) is 66.0 Å². The Bertz CT molecular complexity index is 888. The van der Waals surface area contributed by atoms with Crippen LogP contribution in [0.25, 0.3) is 0 Å². The third kappa shape index (κ3) is 6.61. The number of piperazine rings is 1. The van der Waals surface area contributed by atoms with E-state index in [1.807, 2.05) is 36.5 Å². The Balaban J connectivity index is 0.00000171. The molecule has 0 unspecified atom stereocenters. The summed E-state index contributed by atoms with van der Waals surface area (Å²) in [5.74, 6) is 1.61. The lowest BCUT2D eigenvalue weighted by molar-refractivity contribution is 0.200. The van der Waals surface area contributed by atoms with Crippen molar-refractivity contribution in [3.8, 4) is 11.5 Å². The van der Waals surface area contributed by atoms with E-state index in [-0.39, 0.29) is 30.9 Å². The minimum atomic E-state index is 0. The molecule has 1 saturated heterocycles. The molecule has 2 heterocycles. The molecule has 1 aliphatic rings. The Morgan fingerprint density at radius 3 is 2.39 bits per heavy atom. The van der Waals surface area contributed by atoms with Crippen molar-refractivity contribution in [3.63, 3.8) is 0 Å². The van der Waals surface area contributed by atoms with Crippen LogP contribution in [0.4, 0.5) is 0 Å². The van der Waals surface area contributed by atoms with Crippen LogP contribution in [-0.4, -0.2) is 37.7 Å². The highest BCUT2D eigenvalue weighted by Crippen LogP contribution is 2.37. The van der Waals surface area contributed by atoms with Crippen molar-refractivity contribution in [1.29, 1.82) is 0 Å². The van der Waals surface area contributed by atoms with Crippen LogP contribution < -0.4 is 14.8 Å². The first-order valence-electron chi connectivity index (χ1n) is 10.3. The van der Waals surface area contributed by atoms with E-state index < -0.39 is 0 Å². The first kappa shape index (κ1) is 25.5. The molecule has 0 bridgehead atoms. The summed E-state index contributed by atoms with van der Waals surface area (Å²) >= 11 is 1.82. The number of halogens is 2. The Labute approximate surface area is 201 Å². The van der Waals surface area contributed by atoms with Crippen molar-refractivity contribution in [2.45, 2.75) is 19.6 Å². The molecule has 1 aliphatic heterocycles. The van der Waals surface area contributed by atoms with E-state index in [9.17, 15) is 0 Å². The van der Waals surface area contributed by atoms with Gasteiger partial charge in [0.2, 0.25) is 0 Å². The molecule has 0 amide bonds. The smallest absolute Gasteiger partial charge is 0.161 e. The number of nitrogens with one attached hydrogen (secondary N) is 1. The van der Waals surface area contributed by atoms with Crippen LogP contribution >= 0.6 is 36.2 Å². The van der Waals surface area contributed by atoms with E-state index in [1.54, 1.807) is 0 Å². The monoisotopic (exact) mass is 480 g/mol. The zero-order valence-electron chi connectivity index (χ0n) is 17.7. The summed E-state index contributed by atoms with van der Waals surface area (Å²) in [5.41, 5.74) is 2.40. The van der Waals surface area contributed by atoms with Crippen LogP contribution in [0.3, 0.4) is 0 Å². The van der Waals surface area contributed by atoms with Crippen molar-refractivity contribution in [2.24, 2.45) is 0 Å². The quantitative estimate of drug-likeness (QED) is 0.457. The number of rotatable bonds is 8. The van der Waals surface area contributed by atoms with E-state index in [4.69, 9.17) is 9.47 Å². The molecule has 1 N–H and O–H groups in total. The number of hydrogen-bond acceptors (Lipinski definition) is 5. The topological polar surface area (TPSA) is 33.7 Å². The largest absolute Gasteiger partial charge is 0.490 e. The van der Waals surface area contributed by atoms with Gasteiger partial charge >= 0.3 is 0 Å². The van der Waals surface area contributed by atoms with Gasteiger partial charge in [0.05, 0.1) is 12.6 Å². The van der Waals surface area contributed by atoms with Gasteiger partial charge in [0.1, 0.15) is 6.61 Å². The second-order valence-corrected chi connectivity index (χ2v) is 8.10. The summed E-state index contributed by atoms with van der Waals surface area (Å²) in [6.45, 7) is 7.30. The number of ether oxygens (including phenoxy) is 2. The molecule has 4 rings (SSSR count). The maximum Gasteiger partial charge on any atom is 0.161 e. The van der Waals surface area contributed by atoms with Gasteiger partial charge < -0.3 is 14.8 Å². The van der Waals surface area contributed by atoms with Crippen LogP contribution in [0.2, 0.25) is 0 Å². The maximum absolute atomic E-state index is 6.10. The molecular weight excluding hydrogens is 451 g/mol. The van der Waals surface area contributed by atoms with E-state index in [1.165, 1.54) is 10.4 Å². The van der Waals surface area contributed by atoms with Crippen LogP contribution in [0, 0.1) is 0 Å². The lowest BCUT2D eigenvalue weighted by Gasteiger charge is -2.35. The van der Waals surface area contributed by atoms with Gasteiger partial charge in [0, 0.05) is 31.1 Å². The molecule has 1 aromatic heterocycles. The lowest BCUT2D eigenvalue weighted by atomic mass is 10.0. The zero-order valence-corrected chi connectivity index (χ0v) is 20.1. The first-order chi connectivity index (χ1) is 14.3. The van der Waals surface area contributed by atoms with Gasteiger partial charge in [-0.05, 0) is 41.6 Å². The average Bonchev–Trinajstić information content (AvgIpc) is 3.29. The summed E-state index contributed by atoms with van der Waals surface area (Å²) in [4.78, 5) is 3.92. The van der Waals surface area contributed by atoms with E-state index in [2.05, 4.69) is 58.1 Å². The fourth-order valence-corrected chi connectivity index (χ4v) is 4.65. The highest BCUT2D eigenvalue weighted by molar-refractivity contribution is 7.10. The van der Waals surface area contributed by atoms with Crippen LogP contribution in [0.1, 0.15) is 29.0 Å². The minimum absolute atomic E-state index is 0. The summed E-state index contributed by atoms with van der Waals surface area (Å²) in [5, 5.41) is 5.61. The predicted octanol–water partition coefficient (Wildman–Crippen LogP) is 5.56. The van der Waals surface area contributed by atoms with E-state index in [0.717, 1.165) is 43.2 Å². The molecule has 0 saturated carbocycles. The number of thiophene rings is 1. The van der Waals surface area contributed by atoms with E-state index in [0.29, 0.717) is 13.2 Å². The Morgan fingerprint density at radius 1 is 0.935 bits per heavy atom. The van der Waals surface area contributed by atoms with Crippen molar-refractivity contribution in [1.82, 2.24) is 10.2 Å². The van der Waals surface area contributed by atoms with Gasteiger partial charge in [-0.15, -0.1) is 36.2 Å². The minimum Gasteiger partial charge on any atom is -0.490 e. The van der Waals surface area contributed by atoms with Gasteiger partial charge in [-0.25, -0.2) is 0 Å². The molecule has 0 radical (unpaired) electrons. The molecule has 2 aromatic carbocycles. The summed E-state index contributed by atoms with van der Waals surface area (Å²) in [6, 6.07) is 21.3.